The Morgan fingerprint density at radius 3 is 2.46 bits per heavy atom. The number of aryl methyl sites for hydroxylation is 2. The van der Waals surface area contributed by atoms with E-state index >= 15 is 9.59 Å². The summed E-state index contributed by atoms with van der Waals surface area (Å²) in [7, 11) is 1.52. The van der Waals surface area contributed by atoms with Crippen molar-refractivity contribution in [2.75, 3.05) is 26.9 Å². The Kier molecular flexibility index (Phi) is 14.3. The molecule has 3 N–H and O–H groups in total. The topological polar surface area (TPSA) is 162 Å². The lowest BCUT2D eigenvalue weighted by atomic mass is 9.50. The molecule has 4 heterocycles. The largest absolute Gasteiger partial charge is 0.482 e. The molecular weight excluding hydrogens is 933 g/mol. The van der Waals surface area contributed by atoms with E-state index in [0.717, 1.165) is 63.4 Å². The Hall–Kier alpha value is -5.85. The smallest absolute Gasteiger partial charge is 0.340 e. The van der Waals surface area contributed by atoms with Crippen molar-refractivity contribution in [1.82, 2.24) is 0 Å². The van der Waals surface area contributed by atoms with E-state index in [1.165, 1.54) is 34.9 Å². The van der Waals surface area contributed by atoms with Gasteiger partial charge >= 0.3 is 17.6 Å². The minimum Gasteiger partial charge on any atom is -0.482 e. The molecule has 2 saturated carbocycles. The molecule has 11 nitrogen and oxygen atoms in total. The lowest BCUT2D eigenvalue weighted by Gasteiger charge is -2.60. The van der Waals surface area contributed by atoms with Crippen molar-refractivity contribution in [3.8, 4) is 5.75 Å². The SMILES string of the molecule is COC[C@@H](CCO)c1c(CO)c2ccc3c(c2oc1=O)[C@H]1OC(=O)C[C@@H]2C[C@H](c4cccc(Cc5ccccc5)c4)C=C[C@H]2c2ccc4c(c2)CC[C@@]25CCCC[C@@H]2[C@](CCC5)(O3)[C@H]1OC(=O)/C(=C(/C)CO)CC4. The van der Waals surface area contributed by atoms with E-state index in [0.29, 0.717) is 53.5 Å². The van der Waals surface area contributed by atoms with E-state index in [1.54, 1.807) is 13.0 Å². The minimum atomic E-state index is -1.29. The number of hydrogen-bond donors (Lipinski definition) is 3. The first-order chi connectivity index (χ1) is 36.1. The van der Waals surface area contributed by atoms with Gasteiger partial charge in [-0.3, -0.25) is 4.79 Å². The van der Waals surface area contributed by atoms with Gasteiger partial charge < -0.3 is 38.7 Å². The summed E-state index contributed by atoms with van der Waals surface area (Å²) in [5.74, 6) is -1.63. The van der Waals surface area contributed by atoms with Crippen LogP contribution in [-0.4, -0.2) is 65.9 Å². The monoisotopic (exact) mass is 1000 g/mol. The van der Waals surface area contributed by atoms with Crippen molar-refractivity contribution in [2.45, 2.75) is 145 Å². The van der Waals surface area contributed by atoms with Crippen LogP contribution in [0.15, 0.2) is 117 Å². The van der Waals surface area contributed by atoms with Gasteiger partial charge in [-0.2, -0.15) is 0 Å². The van der Waals surface area contributed by atoms with Crippen molar-refractivity contribution in [3.05, 3.63) is 169 Å². The zero-order valence-corrected chi connectivity index (χ0v) is 42.8. The molecule has 3 aliphatic carbocycles. The van der Waals surface area contributed by atoms with Crippen molar-refractivity contribution in [3.63, 3.8) is 0 Å². The molecule has 74 heavy (non-hydrogen) atoms. The highest BCUT2D eigenvalue weighted by molar-refractivity contribution is 5.90. The van der Waals surface area contributed by atoms with Crippen LogP contribution in [-0.2, 0) is 49.7 Å². The lowest BCUT2D eigenvalue weighted by molar-refractivity contribution is -0.229. The number of allylic oxidation sites excluding steroid dienone is 2. The second-order valence-corrected chi connectivity index (χ2v) is 22.3. The summed E-state index contributed by atoms with van der Waals surface area (Å²) >= 11 is 0. The summed E-state index contributed by atoms with van der Waals surface area (Å²) < 4.78 is 33.6. The predicted octanol–water partition coefficient (Wildman–Crippen LogP) is 10.7. The first-order valence-corrected chi connectivity index (χ1v) is 27.2. The van der Waals surface area contributed by atoms with E-state index in [4.69, 9.17) is 23.4 Å². The number of hydrogen-bond acceptors (Lipinski definition) is 11. The van der Waals surface area contributed by atoms with Crippen LogP contribution in [0.3, 0.4) is 0 Å². The van der Waals surface area contributed by atoms with Gasteiger partial charge in [0.25, 0.3) is 0 Å². The van der Waals surface area contributed by atoms with Crippen LogP contribution in [0, 0.1) is 17.3 Å². The number of benzene rings is 4. The third-order valence-electron chi connectivity index (χ3n) is 18.3. The fraction of sp³-hybridized carbons (Fsp3) is 0.476. The van der Waals surface area contributed by atoms with Gasteiger partial charge in [0.05, 0.1) is 25.4 Å². The Bertz CT molecular complexity index is 3030. The molecule has 1 spiro atoms. The molecule has 0 unspecified atom stereocenters. The van der Waals surface area contributed by atoms with Gasteiger partial charge in [0.1, 0.15) is 11.3 Å². The van der Waals surface area contributed by atoms with Crippen molar-refractivity contribution in [2.24, 2.45) is 17.3 Å². The Labute approximate surface area is 433 Å². The highest BCUT2D eigenvalue weighted by atomic mass is 16.6. The zero-order valence-electron chi connectivity index (χ0n) is 42.8. The van der Waals surface area contributed by atoms with Gasteiger partial charge in [-0.05, 0) is 152 Å². The van der Waals surface area contributed by atoms with Gasteiger partial charge in [0.2, 0.25) is 0 Å². The number of esters is 2. The third kappa shape index (κ3) is 9.15. The van der Waals surface area contributed by atoms with Crippen molar-refractivity contribution in [1.29, 1.82) is 0 Å². The molecular formula is C63H70O11. The number of rotatable bonds is 10. The maximum absolute atomic E-state index is 15.5. The van der Waals surface area contributed by atoms with Gasteiger partial charge in [-0.15, -0.1) is 0 Å². The molecule has 5 aromatic rings. The molecule has 0 amide bonds. The highest BCUT2D eigenvalue weighted by Gasteiger charge is 2.65. The van der Waals surface area contributed by atoms with Crippen LogP contribution < -0.4 is 10.4 Å². The molecule has 4 aromatic carbocycles. The fourth-order valence-corrected chi connectivity index (χ4v) is 14.8. The van der Waals surface area contributed by atoms with E-state index < -0.39 is 47.9 Å². The average molecular weight is 1000 g/mol. The number of carbonyl (C=O) groups is 2. The summed E-state index contributed by atoms with van der Waals surface area (Å²) in [6, 6.07) is 29.7. The predicted molar refractivity (Wildman–Crippen MR) is 281 cm³/mol. The number of aliphatic hydroxyl groups is 3. The van der Waals surface area contributed by atoms with E-state index in [-0.39, 0.29) is 78.5 Å². The molecule has 6 bridgehead atoms. The quantitative estimate of drug-likeness (QED) is 0.0528. The van der Waals surface area contributed by atoms with Crippen LogP contribution in [0.2, 0.25) is 0 Å². The van der Waals surface area contributed by atoms with Crippen LogP contribution in [0.1, 0.15) is 158 Å². The summed E-state index contributed by atoms with van der Waals surface area (Å²) in [4.78, 5) is 45.3. The fourth-order valence-electron chi connectivity index (χ4n) is 14.8. The first-order valence-electron chi connectivity index (χ1n) is 27.2. The van der Waals surface area contributed by atoms with Gasteiger partial charge in [0, 0.05) is 60.3 Å². The van der Waals surface area contributed by atoms with Gasteiger partial charge in [-0.1, -0.05) is 97.8 Å². The zero-order chi connectivity index (χ0) is 51.1. The molecule has 11 rings (SSSR count). The summed E-state index contributed by atoms with van der Waals surface area (Å²) in [5, 5.41) is 32.3. The summed E-state index contributed by atoms with van der Waals surface area (Å²) in [6.07, 6.45) is 12.7. The third-order valence-corrected chi connectivity index (χ3v) is 18.3. The lowest BCUT2D eigenvalue weighted by Crippen LogP contribution is -2.66. The Morgan fingerprint density at radius 1 is 0.811 bits per heavy atom. The number of methoxy groups -OCH3 is 1. The van der Waals surface area contributed by atoms with Crippen LogP contribution in [0.5, 0.6) is 5.75 Å². The normalized spacial score (nSPS) is 28.6. The molecule has 388 valence electrons. The maximum atomic E-state index is 15.5. The van der Waals surface area contributed by atoms with Gasteiger partial charge in [0.15, 0.2) is 17.8 Å². The molecule has 2 fully saturated rings. The van der Waals surface area contributed by atoms with Crippen molar-refractivity contribution < 1.29 is 48.3 Å². The Balaban J connectivity index is 1.12. The first kappa shape index (κ1) is 50.3. The second-order valence-electron chi connectivity index (χ2n) is 22.3. The molecule has 6 aliphatic rings. The molecule has 9 atom stereocenters. The number of ether oxygens (including phenoxy) is 4. The number of carbonyl (C=O) groups excluding carboxylic acids is 2. The summed E-state index contributed by atoms with van der Waals surface area (Å²) in [6.45, 7) is 0.778. The van der Waals surface area contributed by atoms with E-state index in [9.17, 15) is 20.1 Å². The molecule has 11 heteroatoms. The standard InChI is InChI=1S/C63H70O11/c1-38(35-65)48-19-17-41-15-16-45-32-44(41)23-28-62-25-7-6-14-53(62)63(27-9-26-62)59(73-60(48)68)58(56-52(74-63)22-21-50-51(36-66)55(61(69)72-57(50)56)46(24-29-64)37-70-2)71-54(67)34-47-33-43(18-20-49(45)47)42-13-8-12-40(31-42)30-39-10-4-3-5-11-39/h3-5,8,10-13,15-16,18,20-22,31-32,43,46-47,49,53,58-59,64-66H,6-7,9,14,17,19,23-30,33-37H2,1-2H3/b48-38-/t43-,46-,47+,49+,53+,58-,59+,62+,63+/m1/s1. The van der Waals surface area contributed by atoms with Crippen molar-refractivity contribution >= 4 is 22.9 Å². The molecule has 1 aromatic heterocycles. The van der Waals surface area contributed by atoms with E-state index in [1.807, 2.05) is 12.1 Å². The maximum Gasteiger partial charge on any atom is 0.340 e. The molecule has 3 aliphatic heterocycles. The Morgan fingerprint density at radius 2 is 1.65 bits per heavy atom. The molecule has 0 saturated heterocycles. The van der Waals surface area contributed by atoms with E-state index in [2.05, 4.69) is 78.9 Å². The second kappa shape index (κ2) is 21.0. The highest BCUT2D eigenvalue weighted by Crippen LogP contribution is 2.63. The average Bonchev–Trinajstić information content (AvgIpc) is 3.42. The minimum absolute atomic E-state index is 0.0329. The van der Waals surface area contributed by atoms with Crippen LogP contribution in [0.25, 0.3) is 11.0 Å². The number of fused-ring (bicyclic) bond motifs is 8. The molecule has 0 radical (unpaired) electrons. The number of aliphatic hydroxyl groups excluding tert-OH is 3. The van der Waals surface area contributed by atoms with Crippen LogP contribution in [0.4, 0.5) is 0 Å². The van der Waals surface area contributed by atoms with Gasteiger partial charge in [-0.25, -0.2) is 9.59 Å². The summed E-state index contributed by atoms with van der Waals surface area (Å²) in [5.41, 5.74) is 6.90. The van der Waals surface area contributed by atoms with Crippen LogP contribution >= 0.6 is 0 Å².